The van der Waals surface area contributed by atoms with Gasteiger partial charge in [0.1, 0.15) is 0 Å². The van der Waals surface area contributed by atoms with Crippen molar-refractivity contribution < 1.29 is 0 Å². The number of piperidine rings is 1. The third kappa shape index (κ3) is 7.86. The first-order valence-electron chi connectivity index (χ1n) is 10.9. The summed E-state index contributed by atoms with van der Waals surface area (Å²) in [5.74, 6) is 0. The molecule has 0 saturated carbocycles. The first kappa shape index (κ1) is 21.7. The summed E-state index contributed by atoms with van der Waals surface area (Å²) in [6.45, 7) is 10.7. The number of likely N-dealkylation sites (tertiary alicyclic amines) is 1. The van der Waals surface area contributed by atoms with Gasteiger partial charge < -0.3 is 5.32 Å². The van der Waals surface area contributed by atoms with Crippen LogP contribution in [-0.4, -0.2) is 24.0 Å². The van der Waals surface area contributed by atoms with Gasteiger partial charge in [-0.05, 0) is 55.5 Å². The molecule has 0 aliphatic carbocycles. The zero-order valence-corrected chi connectivity index (χ0v) is 17.6. The summed E-state index contributed by atoms with van der Waals surface area (Å²) < 4.78 is 0. The summed E-state index contributed by atoms with van der Waals surface area (Å²) in [5, 5.41) is 3.76. The Hall–Kier alpha value is -1.64. The lowest BCUT2D eigenvalue weighted by molar-refractivity contribution is 0.190. The number of aryl methyl sites for hydroxylation is 1. The van der Waals surface area contributed by atoms with Crippen molar-refractivity contribution >= 4 is 0 Å². The Morgan fingerprint density at radius 3 is 2.11 bits per heavy atom. The van der Waals surface area contributed by atoms with E-state index in [-0.39, 0.29) is 0 Å². The van der Waals surface area contributed by atoms with Gasteiger partial charge in [-0.2, -0.15) is 0 Å². The fraction of sp³-hybridized carbons (Fsp3) is 0.520. The fourth-order valence-electron chi connectivity index (χ4n) is 3.60. The van der Waals surface area contributed by atoms with Gasteiger partial charge in [0.05, 0.1) is 0 Å². The molecule has 0 amide bonds. The third-order valence-corrected chi connectivity index (χ3v) is 5.27. The first-order valence-corrected chi connectivity index (χ1v) is 10.9. The molecule has 0 aromatic heterocycles. The molecule has 0 atom stereocenters. The van der Waals surface area contributed by atoms with Gasteiger partial charge in [0.15, 0.2) is 0 Å². The Balaban J connectivity index is 0.00000126. The minimum absolute atomic E-state index is 0.659. The number of nitrogens with one attached hydrogen (secondary N) is 1. The minimum atomic E-state index is 0.659. The molecule has 2 aromatic carbocycles. The summed E-state index contributed by atoms with van der Waals surface area (Å²) in [7, 11) is 0. The number of nitrogens with zero attached hydrogens (tertiary/aromatic N) is 1. The van der Waals surface area contributed by atoms with Crippen molar-refractivity contribution in [3.05, 3.63) is 71.3 Å². The maximum atomic E-state index is 3.76. The SMILES string of the molecule is CC.CCCCc1ccc(CNC2CCN(Cc3ccccc3)CC2)cc1. The van der Waals surface area contributed by atoms with E-state index in [1.54, 1.807) is 0 Å². The van der Waals surface area contributed by atoms with Crippen molar-refractivity contribution in [3.63, 3.8) is 0 Å². The summed E-state index contributed by atoms with van der Waals surface area (Å²) in [5.41, 5.74) is 4.31. The molecular formula is C25H38N2. The van der Waals surface area contributed by atoms with Crippen LogP contribution < -0.4 is 5.32 Å². The maximum Gasteiger partial charge on any atom is 0.0233 e. The van der Waals surface area contributed by atoms with Gasteiger partial charge in [0.25, 0.3) is 0 Å². The Morgan fingerprint density at radius 2 is 1.48 bits per heavy atom. The second-order valence-corrected chi connectivity index (χ2v) is 7.34. The molecule has 2 nitrogen and oxygen atoms in total. The second kappa shape index (κ2) is 12.7. The van der Waals surface area contributed by atoms with Crippen molar-refractivity contribution in [2.24, 2.45) is 0 Å². The predicted octanol–water partition coefficient (Wildman–Crippen LogP) is 5.81. The highest BCUT2D eigenvalue weighted by molar-refractivity contribution is 5.22. The van der Waals surface area contributed by atoms with E-state index in [1.807, 2.05) is 13.8 Å². The first-order chi connectivity index (χ1) is 13.3. The van der Waals surface area contributed by atoms with Crippen molar-refractivity contribution in [3.8, 4) is 0 Å². The zero-order valence-electron chi connectivity index (χ0n) is 17.6. The van der Waals surface area contributed by atoms with Crippen LogP contribution in [-0.2, 0) is 19.5 Å². The van der Waals surface area contributed by atoms with Crippen LogP contribution in [0, 0.1) is 0 Å². The number of hydrogen-bond donors (Lipinski definition) is 1. The Labute approximate surface area is 167 Å². The summed E-state index contributed by atoms with van der Waals surface area (Å²) >= 11 is 0. The highest BCUT2D eigenvalue weighted by atomic mass is 15.1. The molecule has 148 valence electrons. The van der Waals surface area contributed by atoms with Gasteiger partial charge in [0.2, 0.25) is 0 Å². The van der Waals surface area contributed by atoms with Gasteiger partial charge in [-0.1, -0.05) is 81.8 Å². The molecule has 1 heterocycles. The number of unbranched alkanes of at least 4 members (excludes halogenated alkanes) is 1. The van der Waals surface area contributed by atoms with Crippen molar-refractivity contribution in [2.45, 2.75) is 72.0 Å². The molecule has 0 unspecified atom stereocenters. The lowest BCUT2D eigenvalue weighted by Gasteiger charge is -2.32. The molecule has 1 aliphatic heterocycles. The Kier molecular flexibility index (Phi) is 10.2. The van der Waals surface area contributed by atoms with E-state index in [1.165, 1.54) is 61.9 Å². The smallest absolute Gasteiger partial charge is 0.0233 e. The highest BCUT2D eigenvalue weighted by Crippen LogP contribution is 2.15. The summed E-state index contributed by atoms with van der Waals surface area (Å²) in [6, 6.07) is 20.7. The van der Waals surface area contributed by atoms with Gasteiger partial charge in [-0.3, -0.25) is 4.90 Å². The zero-order chi connectivity index (χ0) is 19.3. The van der Waals surface area contributed by atoms with E-state index in [9.17, 15) is 0 Å². The van der Waals surface area contributed by atoms with Crippen LogP contribution in [0.5, 0.6) is 0 Å². The van der Waals surface area contributed by atoms with Gasteiger partial charge >= 0.3 is 0 Å². The molecule has 1 N–H and O–H groups in total. The van der Waals surface area contributed by atoms with Crippen LogP contribution in [0.25, 0.3) is 0 Å². The quantitative estimate of drug-likeness (QED) is 0.634. The van der Waals surface area contributed by atoms with Gasteiger partial charge in [0, 0.05) is 19.1 Å². The molecule has 1 fully saturated rings. The third-order valence-electron chi connectivity index (χ3n) is 5.27. The topological polar surface area (TPSA) is 15.3 Å². The largest absolute Gasteiger partial charge is 0.310 e. The average molecular weight is 367 g/mol. The van der Waals surface area contributed by atoms with Crippen LogP contribution in [0.1, 0.15) is 63.1 Å². The van der Waals surface area contributed by atoms with Crippen LogP contribution >= 0.6 is 0 Å². The molecule has 1 saturated heterocycles. The van der Waals surface area contributed by atoms with E-state index in [0.717, 1.165) is 13.1 Å². The van der Waals surface area contributed by atoms with Crippen LogP contribution in [0.15, 0.2) is 54.6 Å². The molecule has 0 bridgehead atoms. The molecule has 2 aromatic rings. The van der Waals surface area contributed by atoms with Crippen LogP contribution in [0.3, 0.4) is 0 Å². The summed E-state index contributed by atoms with van der Waals surface area (Å²) in [6.07, 6.45) is 6.28. The van der Waals surface area contributed by atoms with E-state index >= 15 is 0 Å². The lowest BCUT2D eigenvalue weighted by atomic mass is 10.0. The van der Waals surface area contributed by atoms with Gasteiger partial charge in [-0.25, -0.2) is 0 Å². The van der Waals surface area contributed by atoms with Crippen LogP contribution in [0.2, 0.25) is 0 Å². The van der Waals surface area contributed by atoms with E-state index < -0.39 is 0 Å². The van der Waals surface area contributed by atoms with Crippen molar-refractivity contribution in [1.82, 2.24) is 10.2 Å². The fourth-order valence-corrected chi connectivity index (χ4v) is 3.60. The molecular weight excluding hydrogens is 328 g/mol. The number of rotatable bonds is 8. The van der Waals surface area contributed by atoms with Crippen molar-refractivity contribution in [1.29, 1.82) is 0 Å². The molecule has 0 radical (unpaired) electrons. The highest BCUT2D eigenvalue weighted by Gasteiger charge is 2.18. The summed E-state index contributed by atoms with van der Waals surface area (Å²) in [4.78, 5) is 2.58. The molecule has 0 spiro atoms. The predicted molar refractivity (Wildman–Crippen MR) is 118 cm³/mol. The van der Waals surface area contributed by atoms with E-state index in [0.29, 0.717) is 6.04 Å². The molecule has 27 heavy (non-hydrogen) atoms. The Bertz CT molecular complexity index is 598. The minimum Gasteiger partial charge on any atom is -0.310 e. The van der Waals surface area contributed by atoms with Crippen LogP contribution in [0.4, 0.5) is 0 Å². The molecule has 3 rings (SSSR count). The lowest BCUT2D eigenvalue weighted by Crippen LogP contribution is -2.41. The number of hydrogen-bond acceptors (Lipinski definition) is 2. The number of benzene rings is 2. The van der Waals surface area contributed by atoms with Crippen molar-refractivity contribution in [2.75, 3.05) is 13.1 Å². The van der Waals surface area contributed by atoms with Gasteiger partial charge in [-0.15, -0.1) is 0 Å². The normalized spacial score (nSPS) is 15.2. The van der Waals surface area contributed by atoms with E-state index in [4.69, 9.17) is 0 Å². The Morgan fingerprint density at radius 1 is 0.852 bits per heavy atom. The van der Waals surface area contributed by atoms with E-state index in [2.05, 4.69) is 71.7 Å². The standard InChI is InChI=1S/C23H32N2.C2H6/c1-2-3-7-20-10-12-21(13-11-20)18-24-23-14-16-25(17-15-23)19-22-8-5-4-6-9-22;1-2/h4-6,8-13,23-24H,2-3,7,14-19H2,1H3;1-2H3. The monoisotopic (exact) mass is 366 g/mol. The molecule has 2 heteroatoms. The average Bonchev–Trinajstić information content (AvgIpc) is 2.75. The second-order valence-electron chi connectivity index (χ2n) is 7.34. The molecule has 1 aliphatic rings. The maximum absolute atomic E-state index is 3.76.